The third-order valence-corrected chi connectivity index (χ3v) is 1.19. The maximum absolute atomic E-state index is 4.05. The maximum Gasteiger partial charge on any atom is 0.0393 e. The van der Waals surface area contributed by atoms with Crippen molar-refractivity contribution >= 4 is 5.69 Å². The van der Waals surface area contributed by atoms with Crippen LogP contribution < -0.4 is 5.32 Å². The van der Waals surface area contributed by atoms with Crippen molar-refractivity contribution in [3.8, 4) is 0 Å². The quantitative estimate of drug-likeness (QED) is 0.609. The lowest BCUT2D eigenvalue weighted by Crippen LogP contribution is -1.88. The summed E-state index contributed by atoms with van der Waals surface area (Å²) in [6.07, 6.45) is 1.79. The molecule has 2 nitrogen and oxygen atoms in total. The number of nitrogens with zero attached hydrogens (tertiary/aromatic N) is 1. The number of nitrogens with one attached hydrogen (secondary N) is 1. The molecule has 9 heavy (non-hydrogen) atoms. The maximum atomic E-state index is 4.05. The first kappa shape index (κ1) is 6.08. The number of hydrogen-bond acceptors (Lipinski definition) is 2. The van der Waals surface area contributed by atoms with Crippen LogP contribution in [0.4, 0.5) is 5.69 Å². The van der Waals surface area contributed by atoms with Crippen molar-refractivity contribution in [2.75, 3.05) is 12.4 Å². The predicted molar refractivity (Wildman–Crippen MR) is 38.5 cm³/mol. The number of anilines is 1. The number of aromatic nitrogens is 1. The molecular formula is C7H10N2. The van der Waals surface area contributed by atoms with Crippen LogP contribution in [-0.4, -0.2) is 12.0 Å². The first-order valence-corrected chi connectivity index (χ1v) is 2.93. The summed E-state index contributed by atoms with van der Waals surface area (Å²) < 4.78 is 0. The van der Waals surface area contributed by atoms with Crippen LogP contribution in [0, 0.1) is 6.92 Å². The molecule has 1 rings (SSSR count). The molecule has 0 fully saturated rings. The van der Waals surface area contributed by atoms with Crippen LogP contribution in [0.3, 0.4) is 0 Å². The summed E-state index contributed by atoms with van der Waals surface area (Å²) in [5.74, 6) is 0. The van der Waals surface area contributed by atoms with Crippen LogP contribution in [0.2, 0.25) is 0 Å². The molecule has 0 atom stereocenters. The van der Waals surface area contributed by atoms with Gasteiger partial charge in [-0.3, -0.25) is 4.98 Å². The first-order valence-electron chi connectivity index (χ1n) is 2.93. The molecule has 48 valence electrons. The van der Waals surface area contributed by atoms with Gasteiger partial charge < -0.3 is 5.32 Å². The van der Waals surface area contributed by atoms with Gasteiger partial charge in [0.05, 0.1) is 0 Å². The van der Waals surface area contributed by atoms with Crippen molar-refractivity contribution in [1.82, 2.24) is 4.98 Å². The molecule has 0 aliphatic rings. The van der Waals surface area contributed by atoms with Crippen molar-refractivity contribution in [2.24, 2.45) is 0 Å². The minimum Gasteiger partial charge on any atom is -0.388 e. The molecule has 0 amide bonds. The van der Waals surface area contributed by atoms with E-state index in [9.17, 15) is 0 Å². The summed E-state index contributed by atoms with van der Waals surface area (Å²) in [4.78, 5) is 4.05. The first-order chi connectivity index (χ1) is 4.33. The second kappa shape index (κ2) is 2.49. The van der Waals surface area contributed by atoms with E-state index in [1.807, 2.05) is 26.1 Å². The fraction of sp³-hybridized carbons (Fsp3) is 0.286. The average molecular weight is 122 g/mol. The van der Waals surface area contributed by atoms with E-state index in [2.05, 4.69) is 10.3 Å². The molecule has 0 saturated heterocycles. The van der Waals surface area contributed by atoms with E-state index in [-0.39, 0.29) is 0 Å². The summed E-state index contributed by atoms with van der Waals surface area (Å²) in [6, 6.07) is 3.94. The monoisotopic (exact) mass is 122 g/mol. The van der Waals surface area contributed by atoms with Crippen molar-refractivity contribution in [1.29, 1.82) is 0 Å². The minimum absolute atomic E-state index is 1.04. The van der Waals surface area contributed by atoms with Crippen LogP contribution in [0.1, 0.15) is 5.69 Å². The van der Waals surface area contributed by atoms with Gasteiger partial charge in [0, 0.05) is 24.6 Å². The van der Waals surface area contributed by atoms with Gasteiger partial charge in [-0.05, 0) is 19.1 Å². The van der Waals surface area contributed by atoms with Crippen LogP contribution in [0.5, 0.6) is 0 Å². The lowest BCUT2D eigenvalue weighted by atomic mass is 10.3. The van der Waals surface area contributed by atoms with Crippen molar-refractivity contribution in [3.63, 3.8) is 0 Å². The summed E-state index contributed by atoms with van der Waals surface area (Å²) >= 11 is 0. The molecule has 1 N–H and O–H groups in total. The van der Waals surface area contributed by atoms with Gasteiger partial charge in [-0.25, -0.2) is 0 Å². The number of pyridine rings is 1. The smallest absolute Gasteiger partial charge is 0.0393 e. The van der Waals surface area contributed by atoms with Crippen LogP contribution in [0.15, 0.2) is 18.3 Å². The van der Waals surface area contributed by atoms with E-state index in [1.165, 1.54) is 0 Å². The molecule has 0 aromatic carbocycles. The Bertz CT molecular complexity index is 196. The zero-order valence-electron chi connectivity index (χ0n) is 5.68. The fourth-order valence-electron chi connectivity index (χ4n) is 0.701. The minimum atomic E-state index is 1.04. The lowest BCUT2D eigenvalue weighted by molar-refractivity contribution is 1.20. The molecular weight excluding hydrogens is 112 g/mol. The molecule has 0 aliphatic heterocycles. The predicted octanol–water partition coefficient (Wildman–Crippen LogP) is 1.43. The highest BCUT2D eigenvalue weighted by Gasteiger charge is 1.86. The van der Waals surface area contributed by atoms with Gasteiger partial charge in [-0.2, -0.15) is 0 Å². The zero-order valence-corrected chi connectivity index (χ0v) is 5.68. The second-order valence-corrected chi connectivity index (χ2v) is 1.94. The summed E-state index contributed by atoms with van der Waals surface area (Å²) in [6.45, 7) is 1.97. The molecule has 0 spiro atoms. The fourth-order valence-corrected chi connectivity index (χ4v) is 0.701. The Morgan fingerprint density at radius 1 is 1.56 bits per heavy atom. The summed E-state index contributed by atoms with van der Waals surface area (Å²) in [7, 11) is 1.90. The zero-order chi connectivity index (χ0) is 6.69. The highest BCUT2D eigenvalue weighted by molar-refractivity contribution is 5.41. The molecule has 1 heterocycles. The van der Waals surface area contributed by atoms with E-state index in [1.54, 1.807) is 6.20 Å². The van der Waals surface area contributed by atoms with E-state index >= 15 is 0 Å². The standard InChI is InChI=1S/C7H10N2/c1-6-5-7(8-2)3-4-9-6/h3-5H,1-2H3,(H,8,9). The highest BCUT2D eigenvalue weighted by atomic mass is 14.8. The van der Waals surface area contributed by atoms with E-state index in [0.717, 1.165) is 11.4 Å². The van der Waals surface area contributed by atoms with Gasteiger partial charge in [0.25, 0.3) is 0 Å². The van der Waals surface area contributed by atoms with Gasteiger partial charge in [-0.15, -0.1) is 0 Å². The molecule has 2 heteroatoms. The van der Waals surface area contributed by atoms with Crippen molar-refractivity contribution < 1.29 is 0 Å². The highest BCUT2D eigenvalue weighted by Crippen LogP contribution is 2.04. The number of rotatable bonds is 1. The van der Waals surface area contributed by atoms with Crippen LogP contribution in [-0.2, 0) is 0 Å². The largest absolute Gasteiger partial charge is 0.388 e. The summed E-state index contributed by atoms with van der Waals surface area (Å²) in [5, 5.41) is 3.03. The number of hydrogen-bond donors (Lipinski definition) is 1. The van der Waals surface area contributed by atoms with E-state index in [4.69, 9.17) is 0 Å². The van der Waals surface area contributed by atoms with Gasteiger partial charge in [0.15, 0.2) is 0 Å². The van der Waals surface area contributed by atoms with Crippen LogP contribution in [0.25, 0.3) is 0 Å². The molecule has 1 aromatic rings. The third-order valence-electron chi connectivity index (χ3n) is 1.19. The molecule has 0 bridgehead atoms. The molecule has 0 aliphatic carbocycles. The topological polar surface area (TPSA) is 24.9 Å². The Morgan fingerprint density at radius 2 is 2.33 bits per heavy atom. The Kier molecular flexibility index (Phi) is 1.68. The van der Waals surface area contributed by atoms with Gasteiger partial charge >= 0.3 is 0 Å². The Morgan fingerprint density at radius 3 is 2.78 bits per heavy atom. The second-order valence-electron chi connectivity index (χ2n) is 1.94. The summed E-state index contributed by atoms with van der Waals surface area (Å²) in [5.41, 5.74) is 2.16. The lowest BCUT2D eigenvalue weighted by Gasteiger charge is -1.97. The average Bonchev–Trinajstić information content (AvgIpc) is 1.88. The van der Waals surface area contributed by atoms with Gasteiger partial charge in [0.1, 0.15) is 0 Å². The molecule has 1 aromatic heterocycles. The van der Waals surface area contributed by atoms with Crippen LogP contribution >= 0.6 is 0 Å². The third kappa shape index (κ3) is 1.42. The van der Waals surface area contributed by atoms with Gasteiger partial charge in [-0.1, -0.05) is 0 Å². The van der Waals surface area contributed by atoms with Gasteiger partial charge in [0.2, 0.25) is 0 Å². The Labute approximate surface area is 54.9 Å². The van der Waals surface area contributed by atoms with Crippen molar-refractivity contribution in [2.45, 2.75) is 6.92 Å². The normalized spacial score (nSPS) is 9.11. The number of aryl methyl sites for hydroxylation is 1. The molecule has 0 radical (unpaired) electrons. The Balaban J connectivity index is 2.94. The van der Waals surface area contributed by atoms with Crippen molar-refractivity contribution in [3.05, 3.63) is 24.0 Å². The Hall–Kier alpha value is -1.05. The van der Waals surface area contributed by atoms with E-state index in [0.29, 0.717) is 0 Å². The van der Waals surface area contributed by atoms with E-state index < -0.39 is 0 Å². The molecule has 0 unspecified atom stereocenters. The molecule has 0 saturated carbocycles. The SMILES string of the molecule is CNc1ccnc(C)c1.